The van der Waals surface area contributed by atoms with E-state index in [1.54, 1.807) is 31.5 Å². The second-order valence-corrected chi connectivity index (χ2v) is 7.81. The molecule has 3 aromatic rings. The minimum absolute atomic E-state index is 0.108. The molecule has 28 heavy (non-hydrogen) atoms. The van der Waals surface area contributed by atoms with Gasteiger partial charge < -0.3 is 9.88 Å². The average Bonchev–Trinajstić information content (AvgIpc) is 3.05. The fourth-order valence-corrected chi connectivity index (χ4v) is 3.42. The molecule has 1 N–H and O–H groups in total. The summed E-state index contributed by atoms with van der Waals surface area (Å²) in [4.78, 5) is 16.4. The first-order chi connectivity index (χ1) is 13.4. The van der Waals surface area contributed by atoms with Gasteiger partial charge in [-0.25, -0.2) is 4.39 Å². The molecular formula is C20H22FN5OS. The van der Waals surface area contributed by atoms with E-state index in [0.29, 0.717) is 23.4 Å². The topological polar surface area (TPSA) is 72.7 Å². The first-order valence-electron chi connectivity index (χ1n) is 8.96. The van der Waals surface area contributed by atoms with E-state index in [1.807, 2.05) is 16.7 Å². The van der Waals surface area contributed by atoms with Crippen LogP contribution in [0.4, 0.5) is 10.1 Å². The van der Waals surface area contributed by atoms with Crippen molar-refractivity contribution in [2.75, 3.05) is 11.1 Å². The number of halogens is 1. The lowest BCUT2D eigenvalue weighted by Gasteiger charge is -2.12. The number of aryl methyl sites for hydroxylation is 1. The van der Waals surface area contributed by atoms with Crippen LogP contribution in [0, 0.1) is 18.7 Å². The molecule has 0 fully saturated rings. The molecule has 146 valence electrons. The first kappa shape index (κ1) is 20.0. The maximum absolute atomic E-state index is 13.9. The SMILES string of the molecule is Cc1ccc(NC(=O)CSc2nnc(-c3cccnc3)n2CC(C)C)c(F)c1. The number of nitrogens with one attached hydrogen (secondary N) is 1. The van der Waals surface area contributed by atoms with Crippen LogP contribution in [-0.2, 0) is 11.3 Å². The molecule has 0 aliphatic heterocycles. The van der Waals surface area contributed by atoms with Gasteiger partial charge in [-0.15, -0.1) is 10.2 Å². The average molecular weight is 399 g/mol. The van der Waals surface area contributed by atoms with Gasteiger partial charge >= 0.3 is 0 Å². The van der Waals surface area contributed by atoms with Crippen LogP contribution in [0.15, 0.2) is 47.9 Å². The third-order valence-electron chi connectivity index (χ3n) is 3.92. The lowest BCUT2D eigenvalue weighted by atomic mass is 10.2. The molecular weight excluding hydrogens is 377 g/mol. The van der Waals surface area contributed by atoms with Gasteiger partial charge in [0.1, 0.15) is 5.82 Å². The van der Waals surface area contributed by atoms with Crippen molar-refractivity contribution in [3.05, 3.63) is 54.1 Å². The minimum atomic E-state index is -0.444. The number of anilines is 1. The summed E-state index contributed by atoms with van der Waals surface area (Å²) < 4.78 is 15.9. The van der Waals surface area contributed by atoms with Crippen LogP contribution in [0.3, 0.4) is 0 Å². The van der Waals surface area contributed by atoms with Gasteiger partial charge in [0, 0.05) is 24.5 Å². The van der Waals surface area contributed by atoms with Crippen LogP contribution in [0.1, 0.15) is 19.4 Å². The van der Waals surface area contributed by atoms with Crippen molar-refractivity contribution in [2.24, 2.45) is 5.92 Å². The number of hydrogen-bond acceptors (Lipinski definition) is 5. The molecule has 1 aromatic carbocycles. The number of pyridine rings is 1. The van der Waals surface area contributed by atoms with E-state index in [2.05, 4.69) is 34.3 Å². The Kier molecular flexibility index (Phi) is 6.41. The highest BCUT2D eigenvalue weighted by Crippen LogP contribution is 2.25. The van der Waals surface area contributed by atoms with Gasteiger partial charge in [0.2, 0.25) is 5.91 Å². The van der Waals surface area contributed by atoms with Gasteiger partial charge in [-0.3, -0.25) is 9.78 Å². The zero-order chi connectivity index (χ0) is 20.1. The molecule has 8 heteroatoms. The highest BCUT2D eigenvalue weighted by molar-refractivity contribution is 7.99. The Morgan fingerprint density at radius 2 is 2.11 bits per heavy atom. The molecule has 0 unspecified atom stereocenters. The smallest absolute Gasteiger partial charge is 0.234 e. The van der Waals surface area contributed by atoms with Crippen molar-refractivity contribution < 1.29 is 9.18 Å². The predicted octanol–water partition coefficient (Wildman–Crippen LogP) is 4.17. The van der Waals surface area contributed by atoms with E-state index < -0.39 is 5.82 Å². The van der Waals surface area contributed by atoms with E-state index in [1.165, 1.54) is 17.8 Å². The van der Waals surface area contributed by atoms with E-state index in [4.69, 9.17) is 0 Å². The monoisotopic (exact) mass is 399 g/mol. The van der Waals surface area contributed by atoms with E-state index in [0.717, 1.165) is 11.1 Å². The van der Waals surface area contributed by atoms with E-state index in [9.17, 15) is 9.18 Å². The third-order valence-corrected chi connectivity index (χ3v) is 4.88. The van der Waals surface area contributed by atoms with Crippen LogP contribution >= 0.6 is 11.8 Å². The Labute approximate surface area is 167 Å². The van der Waals surface area contributed by atoms with Crippen LogP contribution in [0.2, 0.25) is 0 Å². The van der Waals surface area contributed by atoms with Gasteiger partial charge in [-0.2, -0.15) is 0 Å². The summed E-state index contributed by atoms with van der Waals surface area (Å²) in [6.45, 7) is 6.72. The number of nitrogens with zero attached hydrogens (tertiary/aromatic N) is 4. The Hall–Kier alpha value is -2.74. The van der Waals surface area contributed by atoms with E-state index in [-0.39, 0.29) is 17.3 Å². The molecule has 3 rings (SSSR count). The van der Waals surface area contributed by atoms with Crippen LogP contribution in [-0.4, -0.2) is 31.4 Å². The number of benzene rings is 1. The second-order valence-electron chi connectivity index (χ2n) is 6.87. The summed E-state index contributed by atoms with van der Waals surface area (Å²) in [5, 5.41) is 11.8. The third kappa shape index (κ3) is 4.95. The minimum Gasteiger partial charge on any atom is -0.323 e. The van der Waals surface area contributed by atoms with Gasteiger partial charge in [0.15, 0.2) is 11.0 Å². The molecule has 0 aliphatic rings. The Bertz CT molecular complexity index is 958. The van der Waals surface area contributed by atoms with Crippen molar-refractivity contribution >= 4 is 23.4 Å². The zero-order valence-corrected chi connectivity index (χ0v) is 16.8. The Balaban J connectivity index is 1.73. The van der Waals surface area contributed by atoms with E-state index >= 15 is 0 Å². The second kappa shape index (κ2) is 8.97. The normalized spacial score (nSPS) is 11.0. The molecule has 0 atom stereocenters. The fraction of sp³-hybridized carbons (Fsp3) is 0.300. The highest BCUT2D eigenvalue weighted by atomic mass is 32.2. The zero-order valence-electron chi connectivity index (χ0n) is 16.0. The highest BCUT2D eigenvalue weighted by Gasteiger charge is 2.17. The fourth-order valence-electron chi connectivity index (χ4n) is 2.67. The van der Waals surface area contributed by atoms with Crippen molar-refractivity contribution in [2.45, 2.75) is 32.5 Å². The van der Waals surface area contributed by atoms with Crippen LogP contribution < -0.4 is 5.32 Å². The summed E-state index contributed by atoms with van der Waals surface area (Å²) in [7, 11) is 0. The number of aromatic nitrogens is 4. The maximum Gasteiger partial charge on any atom is 0.234 e. The molecule has 0 radical (unpaired) electrons. The molecule has 0 saturated carbocycles. The molecule has 6 nitrogen and oxygen atoms in total. The number of carbonyl (C=O) groups is 1. The van der Waals surface area contributed by atoms with Crippen molar-refractivity contribution in [1.82, 2.24) is 19.7 Å². The van der Waals surface area contributed by atoms with Crippen LogP contribution in [0.5, 0.6) is 0 Å². The summed E-state index contributed by atoms with van der Waals surface area (Å²) in [5.74, 6) is 0.460. The molecule has 1 amide bonds. The lowest BCUT2D eigenvalue weighted by molar-refractivity contribution is -0.113. The van der Waals surface area contributed by atoms with Gasteiger partial charge in [0.25, 0.3) is 0 Å². The molecule has 2 heterocycles. The number of rotatable bonds is 7. The Morgan fingerprint density at radius 1 is 1.29 bits per heavy atom. The predicted molar refractivity (Wildman–Crippen MR) is 109 cm³/mol. The number of thioether (sulfide) groups is 1. The molecule has 0 aliphatic carbocycles. The first-order valence-corrected chi connectivity index (χ1v) is 9.95. The lowest BCUT2D eigenvalue weighted by Crippen LogP contribution is -2.16. The largest absolute Gasteiger partial charge is 0.323 e. The number of amides is 1. The van der Waals surface area contributed by atoms with Gasteiger partial charge in [-0.1, -0.05) is 31.7 Å². The maximum atomic E-state index is 13.9. The standard InChI is InChI=1S/C20H22FN5OS/c1-13(2)11-26-19(15-5-4-8-22-10-15)24-25-20(26)28-12-18(27)23-17-7-6-14(3)9-16(17)21/h4-10,13H,11-12H2,1-3H3,(H,23,27). The summed E-state index contributed by atoms with van der Waals surface area (Å²) in [6, 6.07) is 8.48. The van der Waals surface area contributed by atoms with Crippen molar-refractivity contribution in [3.8, 4) is 11.4 Å². The molecule has 2 aromatic heterocycles. The Morgan fingerprint density at radius 3 is 2.79 bits per heavy atom. The van der Waals surface area contributed by atoms with Gasteiger partial charge in [0.05, 0.1) is 11.4 Å². The molecule has 0 saturated heterocycles. The summed E-state index contributed by atoms with van der Waals surface area (Å²) in [6.07, 6.45) is 3.44. The molecule has 0 spiro atoms. The summed E-state index contributed by atoms with van der Waals surface area (Å²) >= 11 is 1.28. The van der Waals surface area contributed by atoms with Gasteiger partial charge in [-0.05, 0) is 42.7 Å². The number of carbonyl (C=O) groups excluding carboxylic acids is 1. The van der Waals surface area contributed by atoms with Crippen molar-refractivity contribution in [3.63, 3.8) is 0 Å². The van der Waals surface area contributed by atoms with Crippen molar-refractivity contribution in [1.29, 1.82) is 0 Å². The number of hydrogen-bond donors (Lipinski definition) is 1. The van der Waals surface area contributed by atoms with Crippen LogP contribution in [0.25, 0.3) is 11.4 Å². The quantitative estimate of drug-likeness (QED) is 0.604. The molecule has 0 bridgehead atoms. The summed E-state index contributed by atoms with van der Waals surface area (Å²) in [5.41, 5.74) is 1.85.